The topological polar surface area (TPSA) is 82.1 Å². The van der Waals surface area contributed by atoms with Crippen LogP contribution in [0.1, 0.15) is 18.1 Å². The molecule has 0 N–H and O–H groups in total. The molecule has 0 saturated carbocycles. The summed E-state index contributed by atoms with van der Waals surface area (Å²) in [5.74, 6) is 0.345. The second-order valence-corrected chi connectivity index (χ2v) is 7.65. The average molecular weight is 442 g/mol. The fourth-order valence-corrected chi connectivity index (χ4v) is 3.58. The molecule has 0 bridgehead atoms. The van der Waals surface area contributed by atoms with Crippen molar-refractivity contribution in [2.45, 2.75) is 13.8 Å². The number of aryl methyl sites for hydroxylation is 1. The first kappa shape index (κ1) is 22.4. The molecule has 0 atom stereocenters. The van der Waals surface area contributed by atoms with Gasteiger partial charge in [-0.3, -0.25) is 19.3 Å². The fourth-order valence-electron chi connectivity index (χ4n) is 2.74. The van der Waals surface area contributed by atoms with E-state index >= 15 is 0 Å². The first-order valence-electron chi connectivity index (χ1n) is 9.79. The Morgan fingerprint density at radius 1 is 0.968 bits per heavy atom. The van der Waals surface area contributed by atoms with E-state index in [4.69, 9.17) is 14.2 Å². The second-order valence-electron chi connectivity index (χ2n) is 6.65. The van der Waals surface area contributed by atoms with Crippen molar-refractivity contribution >= 4 is 35.0 Å². The summed E-state index contributed by atoms with van der Waals surface area (Å²) >= 11 is 0.799. The molecule has 1 saturated heterocycles. The van der Waals surface area contributed by atoms with Gasteiger partial charge in [-0.2, -0.15) is 0 Å². The van der Waals surface area contributed by atoms with Gasteiger partial charge in [0.25, 0.3) is 11.1 Å². The Balaban J connectivity index is 1.51. The second kappa shape index (κ2) is 10.7. The number of hydrogen-bond donors (Lipinski definition) is 0. The van der Waals surface area contributed by atoms with Crippen molar-refractivity contribution in [3.8, 4) is 11.5 Å². The predicted octanol–water partition coefficient (Wildman–Crippen LogP) is 4.05. The molecule has 0 aromatic heterocycles. The van der Waals surface area contributed by atoms with Crippen molar-refractivity contribution in [3.05, 3.63) is 64.6 Å². The Morgan fingerprint density at radius 2 is 1.55 bits per heavy atom. The summed E-state index contributed by atoms with van der Waals surface area (Å²) in [4.78, 5) is 37.2. The van der Waals surface area contributed by atoms with Gasteiger partial charge >= 0.3 is 5.97 Å². The number of imide groups is 1. The molecule has 2 aromatic rings. The van der Waals surface area contributed by atoms with Crippen molar-refractivity contribution in [3.63, 3.8) is 0 Å². The number of thioether (sulfide) groups is 1. The molecular weight excluding hydrogens is 418 g/mol. The molecule has 1 aliphatic rings. The van der Waals surface area contributed by atoms with E-state index in [-0.39, 0.29) is 18.1 Å². The van der Waals surface area contributed by atoms with Gasteiger partial charge < -0.3 is 14.2 Å². The van der Waals surface area contributed by atoms with Crippen LogP contribution in [0.25, 0.3) is 6.08 Å². The molecule has 0 spiro atoms. The van der Waals surface area contributed by atoms with Crippen LogP contribution in [0.5, 0.6) is 11.5 Å². The molecule has 0 radical (unpaired) electrons. The number of rotatable bonds is 9. The minimum atomic E-state index is -0.612. The van der Waals surface area contributed by atoms with Crippen molar-refractivity contribution in [2.24, 2.45) is 0 Å². The lowest BCUT2D eigenvalue weighted by atomic mass is 10.2. The summed E-state index contributed by atoms with van der Waals surface area (Å²) in [7, 11) is 0. The first-order valence-corrected chi connectivity index (χ1v) is 10.6. The standard InChI is InChI=1S/C23H23NO6S/c1-3-28-21(25)15-24-22(26)20(31-23(24)27)14-17-6-10-19(11-7-17)30-13-12-29-18-8-4-16(2)5-9-18/h4-11,14H,3,12-13,15H2,1-2H3/b20-14-. The van der Waals surface area contributed by atoms with E-state index in [1.807, 2.05) is 31.2 Å². The highest BCUT2D eigenvalue weighted by Crippen LogP contribution is 2.32. The summed E-state index contributed by atoms with van der Waals surface area (Å²) in [5.41, 5.74) is 1.91. The third-order valence-electron chi connectivity index (χ3n) is 4.29. The molecule has 0 unspecified atom stereocenters. The molecule has 7 nitrogen and oxygen atoms in total. The minimum Gasteiger partial charge on any atom is -0.490 e. The number of nitrogens with zero attached hydrogens (tertiary/aromatic N) is 1. The fraction of sp³-hybridized carbons (Fsp3) is 0.261. The van der Waals surface area contributed by atoms with E-state index in [1.165, 1.54) is 5.56 Å². The Hall–Kier alpha value is -3.26. The molecule has 2 aromatic carbocycles. The number of carbonyl (C=O) groups is 3. The summed E-state index contributed by atoms with van der Waals surface area (Å²) in [6, 6.07) is 14.9. The van der Waals surface area contributed by atoms with Crippen LogP contribution in [0, 0.1) is 6.92 Å². The van der Waals surface area contributed by atoms with Crippen LogP contribution in [0.3, 0.4) is 0 Å². The monoisotopic (exact) mass is 441 g/mol. The Bertz CT molecular complexity index is 969. The first-order chi connectivity index (χ1) is 15.0. The van der Waals surface area contributed by atoms with Crippen LogP contribution >= 0.6 is 11.8 Å². The predicted molar refractivity (Wildman–Crippen MR) is 118 cm³/mol. The Labute approximate surface area is 185 Å². The maximum absolute atomic E-state index is 12.4. The molecule has 2 amide bonds. The van der Waals surface area contributed by atoms with Crippen LogP contribution < -0.4 is 9.47 Å². The third-order valence-corrected chi connectivity index (χ3v) is 5.19. The van der Waals surface area contributed by atoms with E-state index in [1.54, 1.807) is 37.3 Å². The van der Waals surface area contributed by atoms with E-state index in [9.17, 15) is 14.4 Å². The summed E-state index contributed by atoms with van der Waals surface area (Å²) in [6.07, 6.45) is 1.61. The molecular formula is C23H23NO6S. The van der Waals surface area contributed by atoms with Crippen molar-refractivity contribution in [1.29, 1.82) is 0 Å². The van der Waals surface area contributed by atoms with Gasteiger partial charge in [0.1, 0.15) is 31.3 Å². The third kappa shape index (κ3) is 6.36. The number of hydrogen-bond acceptors (Lipinski definition) is 7. The van der Waals surface area contributed by atoms with Crippen LogP contribution in [-0.2, 0) is 14.3 Å². The largest absolute Gasteiger partial charge is 0.490 e. The summed E-state index contributed by atoms with van der Waals surface area (Å²) in [6.45, 7) is 4.30. The van der Waals surface area contributed by atoms with Crippen molar-refractivity contribution in [2.75, 3.05) is 26.4 Å². The smallest absolute Gasteiger partial charge is 0.326 e. The van der Waals surface area contributed by atoms with Crippen LogP contribution in [0.4, 0.5) is 4.79 Å². The number of benzene rings is 2. The van der Waals surface area contributed by atoms with Gasteiger partial charge in [-0.25, -0.2) is 0 Å². The van der Waals surface area contributed by atoms with E-state index in [0.29, 0.717) is 19.0 Å². The lowest BCUT2D eigenvalue weighted by Gasteiger charge is -2.10. The summed E-state index contributed by atoms with van der Waals surface area (Å²) < 4.78 is 16.1. The lowest BCUT2D eigenvalue weighted by molar-refractivity contribution is -0.145. The molecule has 1 aliphatic heterocycles. The number of ether oxygens (including phenoxy) is 3. The van der Waals surface area contributed by atoms with Crippen molar-refractivity contribution in [1.82, 2.24) is 4.90 Å². The van der Waals surface area contributed by atoms with E-state index < -0.39 is 17.1 Å². The van der Waals surface area contributed by atoms with E-state index in [2.05, 4.69) is 0 Å². The molecule has 3 rings (SSSR count). The molecule has 162 valence electrons. The van der Waals surface area contributed by atoms with Crippen LogP contribution in [0.15, 0.2) is 53.4 Å². The Kier molecular flexibility index (Phi) is 7.72. The zero-order valence-electron chi connectivity index (χ0n) is 17.3. The Morgan fingerprint density at radius 3 is 2.13 bits per heavy atom. The molecule has 8 heteroatoms. The van der Waals surface area contributed by atoms with Crippen molar-refractivity contribution < 1.29 is 28.6 Å². The maximum atomic E-state index is 12.4. The summed E-state index contributed by atoms with van der Waals surface area (Å²) in [5, 5.41) is -0.488. The number of esters is 1. The minimum absolute atomic E-state index is 0.192. The SMILES string of the molecule is CCOC(=O)CN1C(=O)S/C(=C\c2ccc(OCCOc3ccc(C)cc3)cc2)C1=O. The van der Waals surface area contributed by atoms with Gasteiger partial charge in [0.05, 0.1) is 11.5 Å². The maximum Gasteiger partial charge on any atom is 0.326 e. The van der Waals surface area contributed by atoms with Crippen LogP contribution in [0.2, 0.25) is 0 Å². The van der Waals surface area contributed by atoms with Gasteiger partial charge in [-0.05, 0) is 61.5 Å². The molecule has 1 fully saturated rings. The molecule has 1 heterocycles. The molecule has 0 aliphatic carbocycles. The highest BCUT2D eigenvalue weighted by atomic mass is 32.2. The zero-order valence-corrected chi connectivity index (χ0v) is 18.1. The van der Waals surface area contributed by atoms with Gasteiger partial charge in [0.15, 0.2) is 0 Å². The van der Waals surface area contributed by atoms with Gasteiger partial charge in [-0.1, -0.05) is 29.8 Å². The zero-order chi connectivity index (χ0) is 22.2. The van der Waals surface area contributed by atoms with Gasteiger partial charge in [0, 0.05) is 0 Å². The molecule has 31 heavy (non-hydrogen) atoms. The number of carbonyl (C=O) groups excluding carboxylic acids is 3. The quantitative estimate of drug-likeness (QED) is 0.330. The highest BCUT2D eigenvalue weighted by molar-refractivity contribution is 8.18. The van der Waals surface area contributed by atoms with Crippen LogP contribution in [-0.4, -0.2) is 48.4 Å². The van der Waals surface area contributed by atoms with Gasteiger partial charge in [0.2, 0.25) is 0 Å². The average Bonchev–Trinajstić information content (AvgIpc) is 3.01. The van der Waals surface area contributed by atoms with Gasteiger partial charge in [-0.15, -0.1) is 0 Å². The lowest BCUT2D eigenvalue weighted by Crippen LogP contribution is -2.34. The highest BCUT2D eigenvalue weighted by Gasteiger charge is 2.36. The van der Waals surface area contributed by atoms with E-state index in [0.717, 1.165) is 28.0 Å². The number of amides is 2. The normalized spacial score (nSPS) is 14.8.